The topological polar surface area (TPSA) is 73.9 Å². The molecule has 6 nitrogen and oxygen atoms in total. The van der Waals surface area contributed by atoms with Crippen molar-refractivity contribution in [1.29, 1.82) is 0 Å². The van der Waals surface area contributed by atoms with Crippen molar-refractivity contribution in [2.75, 3.05) is 14.2 Å². The van der Waals surface area contributed by atoms with Gasteiger partial charge in [-0.05, 0) is 29.8 Å². The lowest BCUT2D eigenvalue weighted by Crippen LogP contribution is -2.20. The molecule has 0 heterocycles. The fourth-order valence-electron chi connectivity index (χ4n) is 2.36. The summed E-state index contributed by atoms with van der Waals surface area (Å²) >= 11 is 0. The molecule has 1 amide bonds. The van der Waals surface area contributed by atoms with E-state index < -0.39 is 0 Å². The Balaban J connectivity index is 2.00. The average Bonchev–Trinajstić information content (AvgIpc) is 2.71. The van der Waals surface area contributed by atoms with E-state index in [0.29, 0.717) is 18.0 Å². The maximum Gasteiger partial charge on any atom is 0.313 e. The number of ether oxygens (including phenoxy) is 3. The Morgan fingerprint density at radius 2 is 1.71 bits per heavy atom. The van der Waals surface area contributed by atoms with Gasteiger partial charge in [0, 0.05) is 18.2 Å². The predicted molar refractivity (Wildman–Crippen MR) is 107 cm³/mol. The van der Waals surface area contributed by atoms with Crippen molar-refractivity contribution in [3.05, 3.63) is 59.7 Å². The van der Waals surface area contributed by atoms with Gasteiger partial charge >= 0.3 is 5.97 Å². The van der Waals surface area contributed by atoms with Gasteiger partial charge in [0.2, 0.25) is 5.91 Å². The second-order valence-corrected chi connectivity index (χ2v) is 6.35. The molecule has 2 aromatic carbocycles. The van der Waals surface area contributed by atoms with E-state index in [1.807, 2.05) is 24.3 Å². The molecule has 0 aliphatic rings. The molecule has 0 saturated carbocycles. The van der Waals surface area contributed by atoms with Crippen molar-refractivity contribution in [1.82, 2.24) is 5.32 Å². The molecule has 0 fully saturated rings. The third-order valence-corrected chi connectivity index (χ3v) is 3.94. The van der Waals surface area contributed by atoms with Crippen LogP contribution in [0, 0.1) is 5.92 Å². The minimum absolute atomic E-state index is 0.236. The third kappa shape index (κ3) is 5.87. The minimum Gasteiger partial charge on any atom is -0.496 e. The molecule has 2 rings (SSSR count). The number of hydrogen-bond donors (Lipinski definition) is 1. The van der Waals surface area contributed by atoms with E-state index in [4.69, 9.17) is 14.2 Å². The molecule has 0 aliphatic heterocycles. The van der Waals surface area contributed by atoms with Crippen LogP contribution in [-0.2, 0) is 16.1 Å². The zero-order valence-corrected chi connectivity index (χ0v) is 16.5. The summed E-state index contributed by atoms with van der Waals surface area (Å²) in [6, 6.07) is 12.6. The highest BCUT2D eigenvalue weighted by molar-refractivity contribution is 5.91. The van der Waals surface area contributed by atoms with Crippen molar-refractivity contribution in [2.45, 2.75) is 20.4 Å². The van der Waals surface area contributed by atoms with Gasteiger partial charge < -0.3 is 19.5 Å². The van der Waals surface area contributed by atoms with Gasteiger partial charge in [0.25, 0.3) is 0 Å². The molecule has 28 heavy (non-hydrogen) atoms. The van der Waals surface area contributed by atoms with E-state index in [9.17, 15) is 9.59 Å². The molecule has 2 aromatic rings. The van der Waals surface area contributed by atoms with Gasteiger partial charge in [0.05, 0.1) is 20.1 Å². The Kier molecular flexibility index (Phi) is 7.63. The summed E-state index contributed by atoms with van der Waals surface area (Å²) in [5.74, 6) is 0.682. The Hall–Kier alpha value is -3.28. The molecule has 0 atom stereocenters. The number of benzene rings is 2. The smallest absolute Gasteiger partial charge is 0.313 e. The third-order valence-electron chi connectivity index (χ3n) is 3.94. The van der Waals surface area contributed by atoms with E-state index >= 15 is 0 Å². The highest BCUT2D eigenvalue weighted by atomic mass is 16.6. The van der Waals surface area contributed by atoms with Crippen LogP contribution < -0.4 is 19.5 Å². The molecule has 0 aromatic heterocycles. The van der Waals surface area contributed by atoms with Gasteiger partial charge in [-0.2, -0.15) is 0 Å². The van der Waals surface area contributed by atoms with Crippen molar-refractivity contribution in [3.8, 4) is 17.2 Å². The molecule has 6 heteroatoms. The molecule has 0 unspecified atom stereocenters. The molecule has 148 valence electrons. The summed E-state index contributed by atoms with van der Waals surface area (Å²) in [4.78, 5) is 23.9. The van der Waals surface area contributed by atoms with Gasteiger partial charge in [0.15, 0.2) is 11.5 Å². The van der Waals surface area contributed by atoms with Crippen LogP contribution in [0.4, 0.5) is 0 Å². The fourth-order valence-corrected chi connectivity index (χ4v) is 2.36. The molecular formula is C22H25NO5. The molecule has 0 aliphatic carbocycles. The van der Waals surface area contributed by atoms with Gasteiger partial charge in [-0.3, -0.25) is 9.59 Å². The maximum absolute atomic E-state index is 12.1. The quantitative estimate of drug-likeness (QED) is 0.428. The number of amides is 1. The maximum atomic E-state index is 12.1. The van der Waals surface area contributed by atoms with Crippen molar-refractivity contribution in [3.63, 3.8) is 0 Å². The normalized spacial score (nSPS) is 10.8. The van der Waals surface area contributed by atoms with Crippen LogP contribution in [0.1, 0.15) is 25.0 Å². The molecule has 0 spiro atoms. The first-order chi connectivity index (χ1) is 13.4. The van der Waals surface area contributed by atoms with Crippen molar-refractivity contribution >= 4 is 18.0 Å². The first kappa shape index (κ1) is 21.0. The molecular weight excluding hydrogens is 358 g/mol. The monoisotopic (exact) mass is 383 g/mol. The van der Waals surface area contributed by atoms with E-state index in [2.05, 4.69) is 5.32 Å². The first-order valence-electron chi connectivity index (χ1n) is 8.92. The number of rotatable bonds is 8. The lowest BCUT2D eigenvalue weighted by Gasteiger charge is -2.11. The van der Waals surface area contributed by atoms with Crippen LogP contribution in [0.2, 0.25) is 0 Å². The van der Waals surface area contributed by atoms with Crippen LogP contribution in [-0.4, -0.2) is 26.1 Å². The van der Waals surface area contributed by atoms with E-state index in [1.165, 1.54) is 13.2 Å². The highest BCUT2D eigenvalue weighted by Crippen LogP contribution is 2.29. The summed E-state index contributed by atoms with van der Waals surface area (Å²) in [5, 5.41) is 2.82. The van der Waals surface area contributed by atoms with Crippen LogP contribution in [0.15, 0.2) is 48.5 Å². The summed E-state index contributed by atoms with van der Waals surface area (Å²) in [5.41, 5.74) is 1.64. The summed E-state index contributed by atoms with van der Waals surface area (Å²) in [6.07, 6.45) is 3.10. The largest absolute Gasteiger partial charge is 0.496 e. The standard InChI is InChI=1S/C22H25NO5/c1-15(2)22(25)28-19-11-9-16(13-20(19)27-4)10-12-21(24)23-14-17-7-5-6-8-18(17)26-3/h5-13,15H,14H2,1-4H3,(H,23,24)/b12-10+. The second kappa shape index (κ2) is 10.2. The molecule has 0 bridgehead atoms. The van der Waals surface area contributed by atoms with Gasteiger partial charge in [-0.15, -0.1) is 0 Å². The zero-order chi connectivity index (χ0) is 20.5. The summed E-state index contributed by atoms with van der Waals surface area (Å²) in [6.45, 7) is 3.88. The Morgan fingerprint density at radius 3 is 2.39 bits per heavy atom. The van der Waals surface area contributed by atoms with Gasteiger partial charge in [-0.25, -0.2) is 0 Å². The minimum atomic E-state index is -0.336. The molecule has 0 saturated heterocycles. The average molecular weight is 383 g/mol. The SMILES string of the molecule is COc1ccccc1CNC(=O)/C=C/c1ccc(OC(=O)C(C)C)c(OC)c1. The van der Waals surface area contributed by atoms with E-state index in [-0.39, 0.29) is 17.8 Å². The van der Waals surface area contributed by atoms with Gasteiger partial charge in [-0.1, -0.05) is 38.1 Å². The van der Waals surface area contributed by atoms with Crippen LogP contribution in [0.25, 0.3) is 6.08 Å². The summed E-state index contributed by atoms with van der Waals surface area (Å²) in [7, 11) is 3.09. The molecule has 1 N–H and O–H groups in total. The number of hydrogen-bond acceptors (Lipinski definition) is 5. The number of nitrogens with one attached hydrogen (secondary N) is 1. The molecule has 0 radical (unpaired) electrons. The Labute approximate surface area is 165 Å². The number of methoxy groups -OCH3 is 2. The number of esters is 1. The number of carbonyl (C=O) groups is 2. The van der Waals surface area contributed by atoms with E-state index in [0.717, 1.165) is 16.9 Å². The van der Waals surface area contributed by atoms with Crippen molar-refractivity contribution < 1.29 is 23.8 Å². The van der Waals surface area contributed by atoms with Crippen molar-refractivity contribution in [2.24, 2.45) is 5.92 Å². The summed E-state index contributed by atoms with van der Waals surface area (Å²) < 4.78 is 15.9. The zero-order valence-electron chi connectivity index (χ0n) is 16.5. The Bertz CT molecular complexity index is 858. The van der Waals surface area contributed by atoms with Gasteiger partial charge in [0.1, 0.15) is 5.75 Å². The lowest BCUT2D eigenvalue weighted by atomic mass is 10.1. The van der Waals surface area contributed by atoms with Crippen LogP contribution in [0.3, 0.4) is 0 Å². The first-order valence-corrected chi connectivity index (χ1v) is 8.92. The lowest BCUT2D eigenvalue weighted by molar-refractivity contribution is -0.137. The van der Waals surface area contributed by atoms with Crippen LogP contribution >= 0.6 is 0 Å². The highest BCUT2D eigenvalue weighted by Gasteiger charge is 2.13. The number of carbonyl (C=O) groups excluding carboxylic acids is 2. The van der Waals surface area contributed by atoms with E-state index in [1.54, 1.807) is 45.2 Å². The predicted octanol–water partition coefficient (Wildman–Crippen LogP) is 3.59. The fraction of sp³-hybridized carbons (Fsp3) is 0.273. The van der Waals surface area contributed by atoms with Crippen LogP contribution in [0.5, 0.6) is 17.2 Å². The second-order valence-electron chi connectivity index (χ2n) is 6.35. The Morgan fingerprint density at radius 1 is 1.00 bits per heavy atom. The number of para-hydroxylation sites is 1.